The van der Waals surface area contributed by atoms with Gasteiger partial charge < -0.3 is 10.2 Å². The lowest BCUT2D eigenvalue weighted by Gasteiger charge is -2.36. The van der Waals surface area contributed by atoms with E-state index in [1.807, 2.05) is 0 Å². The Morgan fingerprint density at radius 3 is 2.81 bits per heavy atom. The van der Waals surface area contributed by atoms with E-state index in [4.69, 9.17) is 0 Å². The van der Waals surface area contributed by atoms with E-state index in [2.05, 4.69) is 36.1 Å². The van der Waals surface area contributed by atoms with Gasteiger partial charge in [-0.3, -0.25) is 4.90 Å². The van der Waals surface area contributed by atoms with E-state index in [0.717, 1.165) is 12.6 Å². The maximum absolute atomic E-state index is 3.50. The molecule has 1 unspecified atom stereocenters. The minimum Gasteiger partial charge on any atom is -0.315 e. The van der Waals surface area contributed by atoms with E-state index in [9.17, 15) is 0 Å². The lowest BCUT2D eigenvalue weighted by atomic mass is 10.0. The first kappa shape index (κ1) is 13.9. The standard InChI is InChI=1S/C13H29N3/c1-4-14-12-13-8-5-6-10-16(13)11-7-9-15(2)3/h13-14H,4-12H2,1-3H3. The summed E-state index contributed by atoms with van der Waals surface area (Å²) in [6.07, 6.45) is 5.50. The van der Waals surface area contributed by atoms with Crippen molar-refractivity contribution < 1.29 is 0 Å². The molecule has 0 aliphatic carbocycles. The predicted molar refractivity (Wildman–Crippen MR) is 70.9 cm³/mol. The van der Waals surface area contributed by atoms with Crippen molar-refractivity contribution >= 4 is 0 Å². The first-order valence-electron chi connectivity index (χ1n) is 6.83. The fourth-order valence-corrected chi connectivity index (χ4v) is 2.49. The Bertz CT molecular complexity index is 171. The van der Waals surface area contributed by atoms with Crippen LogP contribution in [0.1, 0.15) is 32.6 Å². The van der Waals surface area contributed by atoms with Crippen LogP contribution in [0.2, 0.25) is 0 Å². The van der Waals surface area contributed by atoms with Crippen LogP contribution in [-0.2, 0) is 0 Å². The van der Waals surface area contributed by atoms with Gasteiger partial charge in [-0.25, -0.2) is 0 Å². The first-order valence-corrected chi connectivity index (χ1v) is 6.83. The summed E-state index contributed by atoms with van der Waals surface area (Å²) in [5.41, 5.74) is 0. The zero-order chi connectivity index (χ0) is 11.8. The van der Waals surface area contributed by atoms with E-state index in [1.54, 1.807) is 0 Å². The molecule has 1 aliphatic rings. The van der Waals surface area contributed by atoms with Crippen molar-refractivity contribution in [3.05, 3.63) is 0 Å². The van der Waals surface area contributed by atoms with E-state index in [-0.39, 0.29) is 0 Å². The topological polar surface area (TPSA) is 18.5 Å². The third-order valence-corrected chi connectivity index (χ3v) is 3.43. The Morgan fingerprint density at radius 1 is 1.31 bits per heavy atom. The normalized spacial score (nSPS) is 22.9. The molecule has 0 bridgehead atoms. The van der Waals surface area contributed by atoms with E-state index < -0.39 is 0 Å². The molecule has 0 spiro atoms. The van der Waals surface area contributed by atoms with Crippen LogP contribution in [0, 0.1) is 0 Å². The summed E-state index contributed by atoms with van der Waals surface area (Å²) in [6.45, 7) is 8.27. The average Bonchev–Trinajstić information content (AvgIpc) is 2.27. The van der Waals surface area contributed by atoms with Crippen molar-refractivity contribution in [3.63, 3.8) is 0 Å². The van der Waals surface area contributed by atoms with Crippen LogP contribution in [0.15, 0.2) is 0 Å². The molecule has 1 rings (SSSR count). The number of rotatable bonds is 7. The van der Waals surface area contributed by atoms with Gasteiger partial charge in [0.2, 0.25) is 0 Å². The summed E-state index contributed by atoms with van der Waals surface area (Å²) in [4.78, 5) is 4.97. The molecule has 1 atom stereocenters. The van der Waals surface area contributed by atoms with Gasteiger partial charge in [-0.15, -0.1) is 0 Å². The Kier molecular flexibility index (Phi) is 7.01. The summed E-state index contributed by atoms with van der Waals surface area (Å²) in [6, 6.07) is 0.788. The van der Waals surface area contributed by atoms with Gasteiger partial charge in [0.15, 0.2) is 0 Å². The summed E-state index contributed by atoms with van der Waals surface area (Å²) >= 11 is 0. The van der Waals surface area contributed by atoms with Crippen molar-refractivity contribution in [2.75, 3.05) is 46.8 Å². The molecule has 1 fully saturated rings. The Morgan fingerprint density at radius 2 is 2.12 bits per heavy atom. The summed E-state index contributed by atoms with van der Waals surface area (Å²) < 4.78 is 0. The molecule has 16 heavy (non-hydrogen) atoms. The predicted octanol–water partition coefficient (Wildman–Crippen LogP) is 1.40. The molecular weight excluding hydrogens is 198 g/mol. The number of nitrogens with zero attached hydrogens (tertiary/aromatic N) is 2. The van der Waals surface area contributed by atoms with Crippen LogP contribution < -0.4 is 5.32 Å². The maximum Gasteiger partial charge on any atom is 0.0220 e. The molecular formula is C13H29N3. The maximum atomic E-state index is 3.50. The van der Waals surface area contributed by atoms with Gasteiger partial charge in [-0.2, -0.15) is 0 Å². The van der Waals surface area contributed by atoms with Crippen molar-refractivity contribution in [1.82, 2.24) is 15.1 Å². The minimum atomic E-state index is 0.788. The molecule has 3 heteroatoms. The summed E-state index contributed by atoms with van der Waals surface area (Å²) in [5, 5.41) is 3.50. The fraction of sp³-hybridized carbons (Fsp3) is 1.00. The zero-order valence-corrected chi connectivity index (χ0v) is 11.3. The molecule has 1 heterocycles. The van der Waals surface area contributed by atoms with Crippen molar-refractivity contribution in [3.8, 4) is 0 Å². The summed E-state index contributed by atoms with van der Waals surface area (Å²) in [5.74, 6) is 0. The van der Waals surface area contributed by atoms with E-state index in [1.165, 1.54) is 51.9 Å². The Hall–Kier alpha value is -0.120. The molecule has 1 aliphatic heterocycles. The zero-order valence-electron chi connectivity index (χ0n) is 11.3. The molecule has 96 valence electrons. The number of hydrogen-bond acceptors (Lipinski definition) is 3. The molecule has 0 aromatic rings. The van der Waals surface area contributed by atoms with Crippen LogP contribution in [0.25, 0.3) is 0 Å². The number of likely N-dealkylation sites (N-methyl/N-ethyl adjacent to an activating group) is 1. The second kappa shape index (κ2) is 8.04. The van der Waals surface area contributed by atoms with Gasteiger partial charge in [-0.05, 0) is 59.5 Å². The van der Waals surface area contributed by atoms with Crippen molar-refractivity contribution in [2.24, 2.45) is 0 Å². The highest BCUT2D eigenvalue weighted by Gasteiger charge is 2.20. The van der Waals surface area contributed by atoms with E-state index in [0.29, 0.717) is 0 Å². The second-order valence-electron chi connectivity index (χ2n) is 5.15. The van der Waals surface area contributed by atoms with Crippen LogP contribution in [0.5, 0.6) is 0 Å². The number of piperidine rings is 1. The fourth-order valence-electron chi connectivity index (χ4n) is 2.49. The lowest BCUT2D eigenvalue weighted by Crippen LogP contribution is -2.46. The first-order chi connectivity index (χ1) is 7.74. The Labute approximate surface area is 101 Å². The van der Waals surface area contributed by atoms with E-state index >= 15 is 0 Å². The molecule has 0 aromatic carbocycles. The van der Waals surface area contributed by atoms with Gasteiger partial charge in [0.1, 0.15) is 0 Å². The van der Waals surface area contributed by atoms with Gasteiger partial charge in [-0.1, -0.05) is 13.3 Å². The molecule has 0 radical (unpaired) electrons. The highest BCUT2D eigenvalue weighted by atomic mass is 15.2. The quantitative estimate of drug-likeness (QED) is 0.709. The van der Waals surface area contributed by atoms with Crippen molar-refractivity contribution in [2.45, 2.75) is 38.6 Å². The van der Waals surface area contributed by atoms with Crippen LogP contribution in [0.3, 0.4) is 0 Å². The number of nitrogens with one attached hydrogen (secondary N) is 1. The molecule has 3 nitrogen and oxygen atoms in total. The van der Waals surface area contributed by atoms with Gasteiger partial charge in [0.25, 0.3) is 0 Å². The Balaban J connectivity index is 2.23. The van der Waals surface area contributed by atoms with Crippen LogP contribution >= 0.6 is 0 Å². The monoisotopic (exact) mass is 227 g/mol. The highest BCUT2D eigenvalue weighted by Crippen LogP contribution is 2.16. The molecule has 1 N–H and O–H groups in total. The van der Waals surface area contributed by atoms with Gasteiger partial charge >= 0.3 is 0 Å². The van der Waals surface area contributed by atoms with Gasteiger partial charge in [0, 0.05) is 12.6 Å². The minimum absolute atomic E-state index is 0.788. The molecule has 0 saturated carbocycles. The summed E-state index contributed by atoms with van der Waals surface area (Å²) in [7, 11) is 4.32. The molecule has 0 aromatic heterocycles. The average molecular weight is 227 g/mol. The number of hydrogen-bond donors (Lipinski definition) is 1. The van der Waals surface area contributed by atoms with Gasteiger partial charge in [0.05, 0.1) is 0 Å². The second-order valence-corrected chi connectivity index (χ2v) is 5.15. The number of likely N-dealkylation sites (tertiary alicyclic amines) is 1. The largest absolute Gasteiger partial charge is 0.315 e. The molecule has 0 amide bonds. The van der Waals surface area contributed by atoms with Crippen LogP contribution in [-0.4, -0.2) is 62.7 Å². The third-order valence-electron chi connectivity index (χ3n) is 3.43. The highest BCUT2D eigenvalue weighted by molar-refractivity contribution is 4.78. The molecule has 1 saturated heterocycles. The lowest BCUT2D eigenvalue weighted by molar-refractivity contribution is 0.140. The third kappa shape index (κ3) is 5.28. The smallest absolute Gasteiger partial charge is 0.0220 e. The van der Waals surface area contributed by atoms with Crippen molar-refractivity contribution in [1.29, 1.82) is 0 Å². The SMILES string of the molecule is CCNCC1CCCCN1CCCN(C)C. The van der Waals surface area contributed by atoms with Crippen LogP contribution in [0.4, 0.5) is 0 Å².